The van der Waals surface area contributed by atoms with Crippen LogP contribution in [-0.2, 0) is 14.8 Å². The zero-order valence-corrected chi connectivity index (χ0v) is 13.5. The van der Waals surface area contributed by atoms with Gasteiger partial charge in [-0.1, -0.05) is 15.9 Å². The summed E-state index contributed by atoms with van der Waals surface area (Å²) in [5.41, 5.74) is 1.03. The number of hydrogen-bond acceptors (Lipinski definition) is 3. The lowest BCUT2D eigenvalue weighted by Gasteiger charge is -2.09. The molecule has 110 valence electrons. The van der Waals surface area contributed by atoms with E-state index in [-0.39, 0.29) is 10.8 Å². The van der Waals surface area contributed by atoms with Crippen LogP contribution in [0.1, 0.15) is 6.92 Å². The molecule has 1 amide bonds. The molecule has 0 unspecified atom stereocenters. The Morgan fingerprint density at radius 2 is 1.48 bits per heavy atom. The van der Waals surface area contributed by atoms with Gasteiger partial charge in [-0.25, -0.2) is 8.42 Å². The molecule has 2 N–H and O–H groups in total. The second kappa shape index (κ2) is 6.28. The fourth-order valence-electron chi connectivity index (χ4n) is 1.65. The lowest BCUT2D eigenvalue weighted by Crippen LogP contribution is -2.13. The van der Waals surface area contributed by atoms with Crippen molar-refractivity contribution in [3.05, 3.63) is 53.0 Å². The summed E-state index contributed by atoms with van der Waals surface area (Å²) in [6.07, 6.45) is 0. The van der Waals surface area contributed by atoms with Gasteiger partial charge in [-0.3, -0.25) is 9.52 Å². The van der Waals surface area contributed by atoms with Crippen LogP contribution in [0.15, 0.2) is 57.9 Å². The maximum Gasteiger partial charge on any atom is 0.261 e. The van der Waals surface area contributed by atoms with E-state index in [0.717, 1.165) is 4.47 Å². The van der Waals surface area contributed by atoms with Crippen molar-refractivity contribution in [2.45, 2.75) is 11.8 Å². The molecule has 21 heavy (non-hydrogen) atoms. The van der Waals surface area contributed by atoms with Gasteiger partial charge >= 0.3 is 0 Å². The third-order valence-corrected chi connectivity index (χ3v) is 4.51. The van der Waals surface area contributed by atoms with Crippen molar-refractivity contribution in [2.24, 2.45) is 0 Å². The van der Waals surface area contributed by atoms with Crippen LogP contribution in [0, 0.1) is 0 Å². The molecule has 0 radical (unpaired) electrons. The molecule has 0 heterocycles. The first-order valence-electron chi connectivity index (χ1n) is 6.03. The molecule has 2 rings (SSSR count). The number of amides is 1. The summed E-state index contributed by atoms with van der Waals surface area (Å²) in [6.45, 7) is 1.41. The number of rotatable bonds is 4. The molecule has 2 aromatic rings. The Labute approximate surface area is 131 Å². The monoisotopic (exact) mass is 368 g/mol. The van der Waals surface area contributed by atoms with E-state index >= 15 is 0 Å². The van der Waals surface area contributed by atoms with Gasteiger partial charge in [0.15, 0.2) is 0 Å². The maximum absolute atomic E-state index is 12.2. The smallest absolute Gasteiger partial charge is 0.261 e. The first kappa shape index (κ1) is 15.5. The number of benzene rings is 2. The summed E-state index contributed by atoms with van der Waals surface area (Å²) in [7, 11) is -3.62. The number of carbonyl (C=O) groups is 1. The van der Waals surface area contributed by atoms with E-state index in [2.05, 4.69) is 26.0 Å². The summed E-state index contributed by atoms with van der Waals surface area (Å²) < 4.78 is 27.6. The Morgan fingerprint density at radius 1 is 0.952 bits per heavy atom. The summed E-state index contributed by atoms with van der Waals surface area (Å²) >= 11 is 3.26. The van der Waals surface area contributed by atoms with Crippen molar-refractivity contribution in [3.8, 4) is 0 Å². The average molecular weight is 369 g/mol. The van der Waals surface area contributed by atoms with Gasteiger partial charge < -0.3 is 5.32 Å². The van der Waals surface area contributed by atoms with Gasteiger partial charge in [0, 0.05) is 22.8 Å². The molecule has 0 saturated heterocycles. The highest BCUT2D eigenvalue weighted by Crippen LogP contribution is 2.20. The van der Waals surface area contributed by atoms with Gasteiger partial charge in [-0.2, -0.15) is 0 Å². The summed E-state index contributed by atoms with van der Waals surface area (Å²) in [5, 5.41) is 2.61. The van der Waals surface area contributed by atoms with Crippen molar-refractivity contribution in [3.63, 3.8) is 0 Å². The predicted molar refractivity (Wildman–Crippen MR) is 85.7 cm³/mol. The van der Waals surface area contributed by atoms with Crippen molar-refractivity contribution in [1.82, 2.24) is 0 Å². The van der Waals surface area contributed by atoms with Crippen LogP contribution in [0.3, 0.4) is 0 Å². The minimum Gasteiger partial charge on any atom is -0.326 e. The molecule has 0 aliphatic heterocycles. The van der Waals surface area contributed by atoms with Crippen LogP contribution in [0.5, 0.6) is 0 Å². The largest absolute Gasteiger partial charge is 0.326 e. The molecule has 0 aliphatic carbocycles. The Bertz CT molecular complexity index is 741. The van der Waals surface area contributed by atoms with E-state index in [1.165, 1.54) is 19.1 Å². The third kappa shape index (κ3) is 4.30. The van der Waals surface area contributed by atoms with E-state index in [0.29, 0.717) is 11.4 Å². The summed E-state index contributed by atoms with van der Waals surface area (Å²) in [6, 6.07) is 12.8. The van der Waals surface area contributed by atoms with Crippen LogP contribution in [0.4, 0.5) is 11.4 Å². The Kier molecular flexibility index (Phi) is 4.64. The van der Waals surface area contributed by atoms with Crippen molar-refractivity contribution < 1.29 is 13.2 Å². The zero-order valence-electron chi connectivity index (χ0n) is 11.1. The van der Waals surface area contributed by atoms with E-state index in [1.807, 2.05) is 0 Å². The highest BCUT2D eigenvalue weighted by Gasteiger charge is 2.13. The van der Waals surface area contributed by atoms with E-state index in [1.54, 1.807) is 36.4 Å². The van der Waals surface area contributed by atoms with Gasteiger partial charge in [-0.05, 0) is 48.5 Å². The summed E-state index contributed by atoms with van der Waals surface area (Å²) in [4.78, 5) is 11.1. The quantitative estimate of drug-likeness (QED) is 0.869. The molecular formula is C14H13BrN2O3S. The molecule has 2 aromatic carbocycles. The molecule has 0 bridgehead atoms. The number of nitrogens with one attached hydrogen (secondary N) is 2. The van der Waals surface area contributed by atoms with Gasteiger partial charge in [0.25, 0.3) is 10.0 Å². The van der Waals surface area contributed by atoms with E-state index < -0.39 is 10.0 Å². The van der Waals surface area contributed by atoms with Gasteiger partial charge in [-0.15, -0.1) is 0 Å². The molecule has 0 atom stereocenters. The second-order valence-corrected chi connectivity index (χ2v) is 6.92. The van der Waals surface area contributed by atoms with Crippen LogP contribution < -0.4 is 10.0 Å². The van der Waals surface area contributed by atoms with Crippen LogP contribution in [0.2, 0.25) is 0 Å². The van der Waals surface area contributed by atoms with Crippen LogP contribution in [-0.4, -0.2) is 14.3 Å². The van der Waals surface area contributed by atoms with Crippen LogP contribution >= 0.6 is 15.9 Å². The first-order valence-corrected chi connectivity index (χ1v) is 8.30. The normalized spacial score (nSPS) is 11.0. The molecule has 0 spiro atoms. The van der Waals surface area contributed by atoms with Gasteiger partial charge in [0.05, 0.1) is 4.90 Å². The zero-order chi connectivity index (χ0) is 15.5. The standard InChI is InChI=1S/C14H13BrN2O3S/c1-10(18)16-12-4-6-13(7-5-12)17-21(19,20)14-8-2-11(15)3-9-14/h2-9,17H,1H3,(H,16,18). The van der Waals surface area contributed by atoms with Crippen molar-refractivity contribution >= 4 is 43.2 Å². The lowest BCUT2D eigenvalue weighted by molar-refractivity contribution is -0.114. The molecule has 0 saturated carbocycles. The van der Waals surface area contributed by atoms with Crippen molar-refractivity contribution in [1.29, 1.82) is 0 Å². The molecule has 0 aromatic heterocycles. The van der Waals surface area contributed by atoms with Crippen LogP contribution in [0.25, 0.3) is 0 Å². The fraction of sp³-hybridized carbons (Fsp3) is 0.0714. The topological polar surface area (TPSA) is 75.3 Å². The predicted octanol–water partition coefficient (Wildman–Crippen LogP) is 3.21. The fourth-order valence-corrected chi connectivity index (χ4v) is 2.98. The van der Waals surface area contributed by atoms with Gasteiger partial charge in [0.1, 0.15) is 0 Å². The Morgan fingerprint density at radius 3 is 2.00 bits per heavy atom. The van der Waals surface area contributed by atoms with Gasteiger partial charge in [0.2, 0.25) is 5.91 Å². The first-order chi connectivity index (χ1) is 9.87. The number of sulfonamides is 1. The maximum atomic E-state index is 12.2. The lowest BCUT2D eigenvalue weighted by atomic mass is 10.3. The van der Waals surface area contributed by atoms with E-state index in [9.17, 15) is 13.2 Å². The number of hydrogen-bond donors (Lipinski definition) is 2. The number of halogens is 1. The molecule has 0 fully saturated rings. The molecule has 5 nitrogen and oxygen atoms in total. The third-order valence-electron chi connectivity index (χ3n) is 2.58. The minimum absolute atomic E-state index is 0.177. The average Bonchev–Trinajstić information content (AvgIpc) is 2.40. The molecule has 0 aliphatic rings. The molecular weight excluding hydrogens is 356 g/mol. The number of anilines is 2. The second-order valence-electron chi connectivity index (χ2n) is 4.32. The number of carbonyl (C=O) groups excluding carboxylic acids is 1. The summed E-state index contributed by atoms with van der Waals surface area (Å²) in [5.74, 6) is -0.182. The minimum atomic E-state index is -3.62. The SMILES string of the molecule is CC(=O)Nc1ccc(NS(=O)(=O)c2ccc(Br)cc2)cc1. The Balaban J connectivity index is 2.16. The highest BCUT2D eigenvalue weighted by molar-refractivity contribution is 9.10. The Hall–Kier alpha value is -1.86. The van der Waals surface area contributed by atoms with Crippen molar-refractivity contribution in [2.75, 3.05) is 10.0 Å². The molecule has 7 heteroatoms. The highest BCUT2D eigenvalue weighted by atomic mass is 79.9. The van der Waals surface area contributed by atoms with E-state index in [4.69, 9.17) is 0 Å².